The number of hydrogen-bond donors (Lipinski definition) is 0. The molecule has 2 nitrogen and oxygen atoms in total. The highest BCUT2D eigenvalue weighted by molar-refractivity contribution is 5.81. The van der Waals surface area contributed by atoms with Gasteiger partial charge in [-0.1, -0.05) is 90.6 Å². The van der Waals surface area contributed by atoms with Gasteiger partial charge in [0.1, 0.15) is 0 Å². The normalized spacial score (nSPS) is 19.0. The van der Waals surface area contributed by atoms with Crippen molar-refractivity contribution in [3.05, 3.63) is 12.7 Å². The van der Waals surface area contributed by atoms with Crippen LogP contribution in [0, 0.1) is 5.41 Å². The van der Waals surface area contributed by atoms with Crippen LogP contribution in [0.15, 0.2) is 12.7 Å². The Morgan fingerprint density at radius 3 is 2.09 bits per heavy atom. The average Bonchev–Trinajstić information content (AvgIpc) is 2.58. The van der Waals surface area contributed by atoms with Gasteiger partial charge in [0.25, 0.3) is 0 Å². The summed E-state index contributed by atoms with van der Waals surface area (Å²) in [4.78, 5) is 11.5. The Balaban J connectivity index is 2.57. The summed E-state index contributed by atoms with van der Waals surface area (Å²) < 4.78 is 5.52. The van der Waals surface area contributed by atoms with Gasteiger partial charge in [0.2, 0.25) is 0 Å². The van der Waals surface area contributed by atoms with E-state index in [2.05, 4.69) is 13.5 Å². The average molecular weight is 323 g/mol. The van der Waals surface area contributed by atoms with Crippen LogP contribution in [0.5, 0.6) is 0 Å². The fraction of sp³-hybridized carbons (Fsp3) is 0.857. The zero-order valence-electron chi connectivity index (χ0n) is 15.4. The molecule has 0 amide bonds. The summed E-state index contributed by atoms with van der Waals surface area (Å²) in [6, 6.07) is 0. The van der Waals surface area contributed by atoms with Crippen LogP contribution >= 0.6 is 0 Å². The van der Waals surface area contributed by atoms with Gasteiger partial charge in [-0.25, -0.2) is 4.79 Å². The first-order valence-corrected chi connectivity index (χ1v) is 10.0. The first-order chi connectivity index (χ1) is 11.2. The lowest BCUT2D eigenvalue weighted by atomic mass is 9.74. The molecule has 0 radical (unpaired) electrons. The minimum Gasteiger partial charge on any atom is -0.462 e. The van der Waals surface area contributed by atoms with Crippen LogP contribution in [0.25, 0.3) is 0 Å². The summed E-state index contributed by atoms with van der Waals surface area (Å²) in [5, 5.41) is 0. The van der Waals surface area contributed by atoms with E-state index in [1.165, 1.54) is 102 Å². The first-order valence-electron chi connectivity index (χ1n) is 10.0. The predicted octanol–water partition coefficient (Wildman–Crippen LogP) is 6.59. The molecule has 1 saturated carbocycles. The Hall–Kier alpha value is -0.790. The van der Waals surface area contributed by atoms with Gasteiger partial charge in [0, 0.05) is 11.5 Å². The third kappa shape index (κ3) is 9.17. The van der Waals surface area contributed by atoms with Crippen molar-refractivity contribution in [1.29, 1.82) is 0 Å². The van der Waals surface area contributed by atoms with Crippen LogP contribution in [-0.2, 0) is 9.53 Å². The lowest BCUT2D eigenvalue weighted by Crippen LogP contribution is -2.29. The van der Waals surface area contributed by atoms with E-state index in [-0.39, 0.29) is 11.4 Å². The first kappa shape index (κ1) is 20.3. The smallest absolute Gasteiger partial charge is 0.330 e. The highest BCUT2D eigenvalue weighted by atomic mass is 16.5. The molecule has 1 fully saturated rings. The third-order valence-corrected chi connectivity index (χ3v) is 5.41. The van der Waals surface area contributed by atoms with Crippen molar-refractivity contribution in [2.45, 2.75) is 103 Å². The minimum atomic E-state index is -0.257. The van der Waals surface area contributed by atoms with Gasteiger partial charge in [0.15, 0.2) is 0 Å². The van der Waals surface area contributed by atoms with Gasteiger partial charge in [-0.05, 0) is 19.3 Å². The molecule has 0 aromatic heterocycles. The van der Waals surface area contributed by atoms with Crippen LogP contribution in [0.1, 0.15) is 103 Å². The maximum atomic E-state index is 11.5. The molecule has 0 aliphatic heterocycles. The van der Waals surface area contributed by atoms with Gasteiger partial charge in [-0.2, -0.15) is 0 Å². The Bertz CT molecular complexity index is 312. The number of rotatable bonds is 9. The number of carbonyl (C=O) groups is 1. The summed E-state index contributed by atoms with van der Waals surface area (Å²) in [6.45, 7) is 6.39. The Morgan fingerprint density at radius 1 is 0.957 bits per heavy atom. The zero-order valence-corrected chi connectivity index (χ0v) is 15.4. The van der Waals surface area contributed by atoms with E-state index in [0.29, 0.717) is 6.61 Å². The monoisotopic (exact) mass is 322 g/mol. The molecular formula is C21H38O2. The molecule has 0 heterocycles. The minimum absolute atomic E-state index is 0.224. The van der Waals surface area contributed by atoms with Crippen LogP contribution in [-0.4, -0.2) is 12.6 Å². The summed E-state index contributed by atoms with van der Waals surface area (Å²) in [7, 11) is 0. The van der Waals surface area contributed by atoms with E-state index in [4.69, 9.17) is 4.74 Å². The van der Waals surface area contributed by atoms with Gasteiger partial charge in [-0.15, -0.1) is 0 Å². The van der Waals surface area contributed by atoms with E-state index in [1.54, 1.807) is 0 Å². The fourth-order valence-electron chi connectivity index (χ4n) is 3.86. The molecule has 134 valence electrons. The van der Waals surface area contributed by atoms with Crippen molar-refractivity contribution in [2.24, 2.45) is 5.41 Å². The van der Waals surface area contributed by atoms with Crippen LogP contribution in [0.4, 0.5) is 0 Å². The maximum Gasteiger partial charge on any atom is 0.330 e. The fourth-order valence-corrected chi connectivity index (χ4v) is 3.86. The molecule has 0 aromatic rings. The zero-order chi connectivity index (χ0) is 16.8. The van der Waals surface area contributed by atoms with Gasteiger partial charge in [0.05, 0.1) is 6.61 Å². The van der Waals surface area contributed by atoms with Gasteiger partial charge < -0.3 is 4.74 Å². The highest BCUT2D eigenvalue weighted by Gasteiger charge is 2.30. The van der Waals surface area contributed by atoms with Crippen molar-refractivity contribution in [2.75, 3.05) is 6.61 Å². The molecule has 0 atom stereocenters. The molecule has 23 heavy (non-hydrogen) atoms. The van der Waals surface area contributed by atoms with Crippen molar-refractivity contribution in [1.82, 2.24) is 0 Å². The lowest BCUT2D eigenvalue weighted by Gasteiger charge is -2.34. The standard InChI is InChI=1S/C21H38O2/c1-3-5-6-10-13-16-21(19-23-20(22)4-2)17-14-11-8-7-9-12-15-18-21/h4H,2-3,5-19H2,1H3. The number of esters is 1. The second-order valence-electron chi connectivity index (χ2n) is 7.45. The maximum absolute atomic E-state index is 11.5. The molecule has 0 aromatic carbocycles. The van der Waals surface area contributed by atoms with Crippen molar-refractivity contribution < 1.29 is 9.53 Å². The van der Waals surface area contributed by atoms with Crippen LogP contribution in [0.3, 0.4) is 0 Å². The van der Waals surface area contributed by atoms with E-state index in [9.17, 15) is 4.79 Å². The molecule has 0 unspecified atom stereocenters. The molecule has 1 rings (SSSR count). The summed E-state index contributed by atoms with van der Waals surface area (Å²) in [5.74, 6) is -0.257. The second kappa shape index (κ2) is 12.6. The number of unbranched alkanes of at least 4 members (excludes halogenated alkanes) is 4. The number of carbonyl (C=O) groups excluding carboxylic acids is 1. The third-order valence-electron chi connectivity index (χ3n) is 5.41. The van der Waals surface area contributed by atoms with Crippen LogP contribution < -0.4 is 0 Å². The topological polar surface area (TPSA) is 26.3 Å². The molecule has 0 N–H and O–H groups in total. The molecule has 1 aliphatic carbocycles. The number of ether oxygens (including phenoxy) is 1. The molecule has 1 aliphatic rings. The Labute approximate surface area is 144 Å². The highest BCUT2D eigenvalue weighted by Crippen LogP contribution is 2.38. The van der Waals surface area contributed by atoms with Crippen molar-refractivity contribution in [3.63, 3.8) is 0 Å². The van der Waals surface area contributed by atoms with E-state index < -0.39 is 0 Å². The Kier molecular flexibility index (Phi) is 11.1. The second-order valence-corrected chi connectivity index (χ2v) is 7.45. The predicted molar refractivity (Wildman–Crippen MR) is 98.5 cm³/mol. The molecular weight excluding hydrogens is 284 g/mol. The van der Waals surface area contributed by atoms with E-state index in [1.807, 2.05) is 0 Å². The quantitative estimate of drug-likeness (QED) is 0.272. The van der Waals surface area contributed by atoms with Gasteiger partial charge in [-0.3, -0.25) is 0 Å². The van der Waals surface area contributed by atoms with E-state index >= 15 is 0 Å². The molecule has 0 bridgehead atoms. The molecule has 2 heteroatoms. The van der Waals surface area contributed by atoms with Crippen LogP contribution in [0.2, 0.25) is 0 Å². The van der Waals surface area contributed by atoms with Crippen molar-refractivity contribution in [3.8, 4) is 0 Å². The summed E-state index contributed by atoms with van der Waals surface area (Å²) in [6.07, 6.45) is 21.0. The largest absolute Gasteiger partial charge is 0.462 e. The van der Waals surface area contributed by atoms with E-state index in [0.717, 1.165) is 0 Å². The SMILES string of the molecule is C=CC(=O)OCC1(CCCCCCC)CCCCCCCCC1. The lowest BCUT2D eigenvalue weighted by molar-refractivity contribution is -0.142. The summed E-state index contributed by atoms with van der Waals surface area (Å²) in [5.41, 5.74) is 0.224. The molecule has 0 spiro atoms. The van der Waals surface area contributed by atoms with Gasteiger partial charge >= 0.3 is 5.97 Å². The van der Waals surface area contributed by atoms with Crippen molar-refractivity contribution >= 4 is 5.97 Å². The summed E-state index contributed by atoms with van der Waals surface area (Å²) >= 11 is 0. The Morgan fingerprint density at radius 2 is 1.52 bits per heavy atom. The molecule has 0 saturated heterocycles. The number of hydrogen-bond acceptors (Lipinski definition) is 2.